The van der Waals surface area contributed by atoms with Gasteiger partial charge < -0.3 is 25.5 Å². The number of ketones is 2. The molecule has 0 unspecified atom stereocenters. The smallest absolute Gasteiger partial charge is 0.234 e. The molecule has 0 heterocycles. The third-order valence-corrected chi connectivity index (χ3v) is 2.78. The van der Waals surface area contributed by atoms with Crippen molar-refractivity contribution in [2.45, 2.75) is 24.4 Å². The Kier molecular flexibility index (Phi) is 5.93. The van der Waals surface area contributed by atoms with Gasteiger partial charge in [0.25, 0.3) is 0 Å². The van der Waals surface area contributed by atoms with Gasteiger partial charge in [-0.1, -0.05) is 30.3 Å². The van der Waals surface area contributed by atoms with Crippen LogP contribution in [0.25, 0.3) is 0 Å². The Labute approximate surface area is 114 Å². The molecule has 0 aliphatic heterocycles. The molecule has 1 aromatic carbocycles. The molecule has 20 heavy (non-hydrogen) atoms. The van der Waals surface area contributed by atoms with E-state index in [9.17, 15) is 24.9 Å². The predicted molar refractivity (Wildman–Crippen MR) is 66.9 cm³/mol. The molecular weight excluding hydrogens is 268 g/mol. The summed E-state index contributed by atoms with van der Waals surface area (Å²) < 4.78 is 0. The third-order valence-electron chi connectivity index (χ3n) is 2.78. The van der Waals surface area contributed by atoms with Crippen LogP contribution in [0.15, 0.2) is 30.3 Å². The van der Waals surface area contributed by atoms with Gasteiger partial charge >= 0.3 is 0 Å². The molecule has 1 rings (SSSR count). The van der Waals surface area contributed by atoms with Crippen LogP contribution >= 0.6 is 0 Å². The number of hydrogen-bond donors (Lipinski definition) is 5. The molecule has 0 saturated carbocycles. The van der Waals surface area contributed by atoms with E-state index in [0.717, 1.165) is 0 Å². The fraction of sp³-hybridized carbons (Fsp3) is 0.385. The van der Waals surface area contributed by atoms with Crippen LogP contribution in [0.1, 0.15) is 10.4 Å². The van der Waals surface area contributed by atoms with Gasteiger partial charge in [-0.05, 0) is 0 Å². The Morgan fingerprint density at radius 3 is 2.00 bits per heavy atom. The second-order valence-electron chi connectivity index (χ2n) is 4.24. The molecule has 0 radical (unpaired) electrons. The Hall–Kier alpha value is -1.64. The summed E-state index contributed by atoms with van der Waals surface area (Å²) in [5.41, 5.74) is 0.0287. The summed E-state index contributed by atoms with van der Waals surface area (Å²) in [6.45, 7) is -0.869. The minimum absolute atomic E-state index is 0.0287. The maximum Gasteiger partial charge on any atom is 0.234 e. The van der Waals surface area contributed by atoms with Crippen molar-refractivity contribution in [2.24, 2.45) is 0 Å². The summed E-state index contributed by atoms with van der Waals surface area (Å²) in [7, 11) is 0. The van der Waals surface area contributed by atoms with E-state index in [1.165, 1.54) is 24.3 Å². The lowest BCUT2D eigenvalue weighted by atomic mass is 9.96. The van der Waals surface area contributed by atoms with Crippen molar-refractivity contribution in [3.8, 4) is 0 Å². The van der Waals surface area contributed by atoms with Gasteiger partial charge in [-0.25, -0.2) is 0 Å². The summed E-state index contributed by atoms with van der Waals surface area (Å²) in [6, 6.07) is 7.39. The lowest BCUT2D eigenvalue weighted by Gasteiger charge is -2.24. The van der Waals surface area contributed by atoms with E-state index in [1.807, 2.05) is 0 Å². The maximum atomic E-state index is 11.7. The minimum atomic E-state index is -2.20. The molecule has 0 spiro atoms. The zero-order chi connectivity index (χ0) is 15.3. The number of carbonyl (C=O) groups excluding carboxylic acids is 2. The lowest BCUT2D eigenvalue weighted by molar-refractivity contribution is -0.142. The van der Waals surface area contributed by atoms with Crippen LogP contribution in [-0.4, -0.2) is 68.1 Å². The second kappa shape index (κ2) is 7.22. The van der Waals surface area contributed by atoms with E-state index in [1.54, 1.807) is 6.07 Å². The standard InChI is InChI=1S/C13H16O7/c14-6-8(15)10(17)12(19)13(20)11(18)9(16)7-4-2-1-3-5-7/h1-5,8,10,12-15,17,19-20H,6H2/t8-,10-,12+,13-/m1/s1. The number of carbonyl (C=O) groups is 2. The van der Waals surface area contributed by atoms with E-state index in [0.29, 0.717) is 0 Å². The summed E-state index contributed by atoms with van der Waals surface area (Å²) in [4.78, 5) is 23.4. The van der Waals surface area contributed by atoms with Crippen molar-refractivity contribution in [2.75, 3.05) is 6.61 Å². The first-order valence-electron chi connectivity index (χ1n) is 5.86. The van der Waals surface area contributed by atoms with Crippen LogP contribution in [0, 0.1) is 0 Å². The summed E-state index contributed by atoms with van der Waals surface area (Å²) >= 11 is 0. The second-order valence-corrected chi connectivity index (χ2v) is 4.24. The highest BCUT2D eigenvalue weighted by Gasteiger charge is 2.36. The van der Waals surface area contributed by atoms with Crippen LogP contribution in [-0.2, 0) is 4.79 Å². The topological polar surface area (TPSA) is 135 Å². The van der Waals surface area contributed by atoms with Gasteiger partial charge in [0.2, 0.25) is 11.6 Å². The van der Waals surface area contributed by atoms with E-state index >= 15 is 0 Å². The highest BCUT2D eigenvalue weighted by atomic mass is 16.4. The fourth-order valence-electron chi connectivity index (χ4n) is 1.54. The Morgan fingerprint density at radius 1 is 0.950 bits per heavy atom. The van der Waals surface area contributed by atoms with Crippen molar-refractivity contribution < 1.29 is 35.1 Å². The molecule has 0 bridgehead atoms. The molecule has 0 aliphatic rings. The van der Waals surface area contributed by atoms with Gasteiger partial charge in [0.15, 0.2) is 0 Å². The molecule has 1 aromatic rings. The Balaban J connectivity index is 2.79. The van der Waals surface area contributed by atoms with Crippen LogP contribution < -0.4 is 0 Å². The van der Waals surface area contributed by atoms with E-state index in [4.69, 9.17) is 10.2 Å². The van der Waals surface area contributed by atoms with Crippen molar-refractivity contribution >= 4 is 11.6 Å². The van der Waals surface area contributed by atoms with Crippen molar-refractivity contribution in [3.63, 3.8) is 0 Å². The number of aliphatic hydroxyl groups excluding tert-OH is 5. The average molecular weight is 284 g/mol. The highest BCUT2D eigenvalue weighted by Crippen LogP contribution is 2.09. The number of rotatable bonds is 7. The SMILES string of the molecule is O=C(C(=O)[C@@H](O)[C@@H](O)[C@H](O)[C@H](O)CO)c1ccccc1. The zero-order valence-electron chi connectivity index (χ0n) is 10.5. The Bertz CT molecular complexity index is 459. The monoisotopic (exact) mass is 284 g/mol. The predicted octanol–water partition coefficient (Wildman–Crippen LogP) is -2.13. The molecule has 0 aromatic heterocycles. The first-order chi connectivity index (χ1) is 9.40. The van der Waals surface area contributed by atoms with Gasteiger partial charge in [0.1, 0.15) is 24.4 Å². The number of benzene rings is 1. The van der Waals surface area contributed by atoms with Crippen LogP contribution in [0.5, 0.6) is 0 Å². The molecule has 7 nitrogen and oxygen atoms in total. The van der Waals surface area contributed by atoms with Gasteiger partial charge in [-0.2, -0.15) is 0 Å². The number of hydrogen-bond acceptors (Lipinski definition) is 7. The van der Waals surface area contributed by atoms with E-state index in [2.05, 4.69) is 0 Å². The Morgan fingerprint density at radius 2 is 1.50 bits per heavy atom. The molecule has 0 saturated heterocycles. The van der Waals surface area contributed by atoms with Crippen molar-refractivity contribution in [1.29, 1.82) is 0 Å². The first kappa shape index (κ1) is 16.4. The molecular formula is C13H16O7. The number of Topliss-reactive ketones (excluding diaryl/α,β-unsaturated/α-hetero) is 2. The van der Waals surface area contributed by atoms with Gasteiger partial charge in [0, 0.05) is 5.56 Å². The fourth-order valence-corrected chi connectivity index (χ4v) is 1.54. The van der Waals surface area contributed by atoms with E-state index in [-0.39, 0.29) is 5.56 Å². The third kappa shape index (κ3) is 3.69. The molecule has 110 valence electrons. The number of aliphatic hydroxyl groups is 5. The molecule has 7 heteroatoms. The molecule has 4 atom stereocenters. The average Bonchev–Trinajstić information content (AvgIpc) is 2.51. The normalized spacial score (nSPS) is 17.1. The minimum Gasteiger partial charge on any atom is -0.394 e. The summed E-state index contributed by atoms with van der Waals surface area (Å²) in [5.74, 6) is -2.34. The van der Waals surface area contributed by atoms with Crippen LogP contribution in [0.3, 0.4) is 0 Å². The lowest BCUT2D eigenvalue weighted by Crippen LogP contribution is -2.50. The zero-order valence-corrected chi connectivity index (χ0v) is 10.5. The van der Waals surface area contributed by atoms with E-state index < -0.39 is 42.6 Å². The maximum absolute atomic E-state index is 11.7. The molecule has 0 aliphatic carbocycles. The largest absolute Gasteiger partial charge is 0.394 e. The highest BCUT2D eigenvalue weighted by molar-refractivity contribution is 6.45. The molecule has 0 fully saturated rings. The van der Waals surface area contributed by atoms with Crippen LogP contribution in [0.2, 0.25) is 0 Å². The molecule has 0 amide bonds. The van der Waals surface area contributed by atoms with Crippen molar-refractivity contribution in [3.05, 3.63) is 35.9 Å². The van der Waals surface area contributed by atoms with Gasteiger partial charge in [0.05, 0.1) is 6.61 Å². The van der Waals surface area contributed by atoms with Gasteiger partial charge in [-0.3, -0.25) is 9.59 Å². The summed E-state index contributed by atoms with van der Waals surface area (Å²) in [5, 5.41) is 46.2. The van der Waals surface area contributed by atoms with Gasteiger partial charge in [-0.15, -0.1) is 0 Å². The first-order valence-corrected chi connectivity index (χ1v) is 5.86. The quantitative estimate of drug-likeness (QED) is 0.285. The molecule has 5 N–H and O–H groups in total. The van der Waals surface area contributed by atoms with Crippen molar-refractivity contribution in [1.82, 2.24) is 0 Å². The summed E-state index contributed by atoms with van der Waals surface area (Å²) in [6.07, 6.45) is -7.97. The van der Waals surface area contributed by atoms with Crippen LogP contribution in [0.4, 0.5) is 0 Å².